The van der Waals surface area contributed by atoms with Gasteiger partial charge in [-0.1, -0.05) is 12.1 Å². The highest BCUT2D eigenvalue weighted by Gasteiger charge is 2.34. The predicted molar refractivity (Wildman–Crippen MR) is 85.5 cm³/mol. The van der Waals surface area contributed by atoms with E-state index in [1.165, 1.54) is 47.4 Å². The fourth-order valence-corrected chi connectivity index (χ4v) is 2.82. The van der Waals surface area contributed by atoms with Gasteiger partial charge in [-0.25, -0.2) is 8.78 Å². The van der Waals surface area contributed by atoms with Crippen LogP contribution in [-0.4, -0.2) is 29.3 Å². The summed E-state index contributed by atoms with van der Waals surface area (Å²) < 4.78 is 26.7. The predicted octanol–water partition coefficient (Wildman–Crippen LogP) is 3.21. The van der Waals surface area contributed by atoms with E-state index in [0.717, 1.165) is 0 Å². The number of carbonyl (C=O) groups is 2. The van der Waals surface area contributed by atoms with Crippen LogP contribution in [-0.2, 0) is 4.79 Å². The third kappa shape index (κ3) is 3.27. The molecule has 6 heteroatoms. The Morgan fingerprint density at radius 3 is 2.46 bits per heavy atom. The van der Waals surface area contributed by atoms with Gasteiger partial charge < -0.3 is 10.2 Å². The Labute approximate surface area is 138 Å². The molecule has 1 fully saturated rings. The average molecular weight is 330 g/mol. The molecule has 2 amide bonds. The van der Waals surface area contributed by atoms with E-state index < -0.39 is 23.6 Å². The lowest BCUT2D eigenvalue weighted by Crippen LogP contribution is -2.43. The minimum absolute atomic E-state index is 0.0866. The van der Waals surface area contributed by atoms with Gasteiger partial charge in [0.25, 0.3) is 5.91 Å². The molecule has 0 spiro atoms. The molecule has 2 aromatic rings. The molecule has 0 bridgehead atoms. The minimum atomic E-state index is -0.665. The molecule has 1 saturated heterocycles. The second kappa shape index (κ2) is 6.78. The SMILES string of the molecule is O=C(Nc1ccccc1F)C1CCCN1C(=O)c1ccc(F)cc1. The maximum Gasteiger partial charge on any atom is 0.254 e. The summed E-state index contributed by atoms with van der Waals surface area (Å²) in [6, 6.07) is 10.4. The van der Waals surface area contributed by atoms with Gasteiger partial charge in [0.05, 0.1) is 5.69 Å². The van der Waals surface area contributed by atoms with Crippen LogP contribution in [0.15, 0.2) is 48.5 Å². The highest BCUT2D eigenvalue weighted by atomic mass is 19.1. The monoisotopic (exact) mass is 330 g/mol. The quantitative estimate of drug-likeness (QED) is 0.939. The molecule has 1 atom stereocenters. The van der Waals surface area contributed by atoms with Crippen LogP contribution in [0.3, 0.4) is 0 Å². The molecule has 1 N–H and O–H groups in total. The van der Waals surface area contributed by atoms with Crippen molar-refractivity contribution in [3.8, 4) is 0 Å². The molecule has 1 aliphatic heterocycles. The van der Waals surface area contributed by atoms with E-state index in [2.05, 4.69) is 5.32 Å². The van der Waals surface area contributed by atoms with Gasteiger partial charge in [0.2, 0.25) is 5.91 Å². The number of anilines is 1. The minimum Gasteiger partial charge on any atom is -0.327 e. The van der Waals surface area contributed by atoms with Crippen molar-refractivity contribution >= 4 is 17.5 Å². The third-order valence-corrected chi connectivity index (χ3v) is 4.04. The molecule has 4 nitrogen and oxygen atoms in total. The van der Waals surface area contributed by atoms with E-state index in [1.807, 2.05) is 0 Å². The van der Waals surface area contributed by atoms with Crippen molar-refractivity contribution in [3.63, 3.8) is 0 Å². The Morgan fingerprint density at radius 2 is 1.75 bits per heavy atom. The summed E-state index contributed by atoms with van der Waals surface area (Å²) in [5, 5.41) is 2.53. The van der Waals surface area contributed by atoms with E-state index in [4.69, 9.17) is 0 Å². The van der Waals surface area contributed by atoms with Crippen molar-refractivity contribution in [2.75, 3.05) is 11.9 Å². The number of para-hydroxylation sites is 1. The van der Waals surface area contributed by atoms with E-state index in [0.29, 0.717) is 24.9 Å². The molecule has 0 radical (unpaired) electrons. The van der Waals surface area contributed by atoms with E-state index in [1.54, 1.807) is 6.07 Å². The summed E-state index contributed by atoms with van der Waals surface area (Å²) in [5.74, 6) is -1.71. The van der Waals surface area contributed by atoms with Crippen LogP contribution in [0.1, 0.15) is 23.2 Å². The van der Waals surface area contributed by atoms with Gasteiger partial charge in [-0.05, 0) is 49.2 Å². The fraction of sp³-hybridized carbons (Fsp3) is 0.222. The number of hydrogen-bond donors (Lipinski definition) is 1. The standard InChI is InChI=1S/C18H16F2N2O2/c19-13-9-7-12(8-10-13)18(24)22-11-3-6-16(22)17(23)21-15-5-2-1-4-14(15)20/h1-2,4-5,7-10,16H,3,6,11H2,(H,21,23). The van der Waals surface area contributed by atoms with E-state index >= 15 is 0 Å². The van der Waals surface area contributed by atoms with Crippen molar-refractivity contribution < 1.29 is 18.4 Å². The lowest BCUT2D eigenvalue weighted by atomic mass is 10.1. The first kappa shape index (κ1) is 16.1. The molecular formula is C18H16F2N2O2. The molecule has 0 aliphatic carbocycles. The topological polar surface area (TPSA) is 49.4 Å². The van der Waals surface area contributed by atoms with Crippen LogP contribution >= 0.6 is 0 Å². The van der Waals surface area contributed by atoms with Gasteiger partial charge in [0, 0.05) is 12.1 Å². The van der Waals surface area contributed by atoms with Gasteiger partial charge in [-0.2, -0.15) is 0 Å². The second-order valence-corrected chi connectivity index (χ2v) is 5.63. The zero-order valence-electron chi connectivity index (χ0n) is 12.8. The number of amides is 2. The fourth-order valence-electron chi connectivity index (χ4n) is 2.82. The van der Waals surface area contributed by atoms with Gasteiger partial charge >= 0.3 is 0 Å². The molecule has 0 aromatic heterocycles. The number of nitrogens with one attached hydrogen (secondary N) is 1. The summed E-state index contributed by atoms with van der Waals surface area (Å²) in [7, 11) is 0. The molecule has 24 heavy (non-hydrogen) atoms. The third-order valence-electron chi connectivity index (χ3n) is 4.04. The van der Waals surface area contributed by atoms with Crippen LogP contribution in [0.4, 0.5) is 14.5 Å². The van der Waals surface area contributed by atoms with E-state index in [9.17, 15) is 18.4 Å². The van der Waals surface area contributed by atoms with Crippen LogP contribution in [0.5, 0.6) is 0 Å². The average Bonchev–Trinajstić information content (AvgIpc) is 3.07. The Bertz CT molecular complexity index is 762. The molecule has 2 aromatic carbocycles. The molecule has 3 rings (SSSR count). The molecular weight excluding hydrogens is 314 g/mol. The summed E-state index contributed by atoms with van der Waals surface area (Å²) in [6.45, 7) is 0.436. The first-order valence-corrected chi connectivity index (χ1v) is 7.68. The number of carbonyl (C=O) groups excluding carboxylic acids is 2. The van der Waals surface area contributed by atoms with Gasteiger partial charge in [-0.3, -0.25) is 9.59 Å². The van der Waals surface area contributed by atoms with Crippen molar-refractivity contribution in [2.24, 2.45) is 0 Å². The van der Waals surface area contributed by atoms with Crippen molar-refractivity contribution in [2.45, 2.75) is 18.9 Å². The lowest BCUT2D eigenvalue weighted by Gasteiger charge is -2.24. The highest BCUT2D eigenvalue weighted by molar-refractivity contribution is 6.01. The number of nitrogens with zero attached hydrogens (tertiary/aromatic N) is 1. The van der Waals surface area contributed by atoms with Crippen LogP contribution < -0.4 is 5.32 Å². The van der Waals surface area contributed by atoms with Crippen molar-refractivity contribution in [3.05, 3.63) is 65.7 Å². The second-order valence-electron chi connectivity index (χ2n) is 5.63. The summed E-state index contributed by atoms with van der Waals surface area (Å²) in [5.41, 5.74) is 0.408. The maximum absolute atomic E-state index is 13.7. The van der Waals surface area contributed by atoms with Crippen LogP contribution in [0.25, 0.3) is 0 Å². The zero-order chi connectivity index (χ0) is 17.1. The smallest absolute Gasteiger partial charge is 0.254 e. The Balaban J connectivity index is 1.75. The first-order valence-electron chi connectivity index (χ1n) is 7.68. The molecule has 0 saturated carbocycles. The molecule has 124 valence electrons. The Morgan fingerprint density at radius 1 is 1.04 bits per heavy atom. The number of likely N-dealkylation sites (tertiary alicyclic amines) is 1. The summed E-state index contributed by atoms with van der Waals surface area (Å²) in [4.78, 5) is 26.4. The number of rotatable bonds is 3. The summed E-state index contributed by atoms with van der Waals surface area (Å²) in [6.07, 6.45) is 1.19. The molecule has 1 heterocycles. The Kier molecular flexibility index (Phi) is 4.55. The number of halogens is 2. The summed E-state index contributed by atoms with van der Waals surface area (Å²) >= 11 is 0. The first-order chi connectivity index (χ1) is 11.6. The lowest BCUT2D eigenvalue weighted by molar-refractivity contribution is -0.119. The van der Waals surface area contributed by atoms with Crippen molar-refractivity contribution in [1.82, 2.24) is 4.90 Å². The Hall–Kier alpha value is -2.76. The number of benzene rings is 2. The van der Waals surface area contributed by atoms with E-state index in [-0.39, 0.29) is 11.6 Å². The van der Waals surface area contributed by atoms with Crippen LogP contribution in [0.2, 0.25) is 0 Å². The largest absolute Gasteiger partial charge is 0.327 e. The number of hydrogen-bond acceptors (Lipinski definition) is 2. The van der Waals surface area contributed by atoms with Crippen LogP contribution in [0, 0.1) is 11.6 Å². The normalized spacial score (nSPS) is 16.9. The molecule has 1 aliphatic rings. The zero-order valence-corrected chi connectivity index (χ0v) is 12.8. The highest BCUT2D eigenvalue weighted by Crippen LogP contribution is 2.22. The molecule has 1 unspecified atom stereocenters. The van der Waals surface area contributed by atoms with Gasteiger partial charge in [-0.15, -0.1) is 0 Å². The van der Waals surface area contributed by atoms with Gasteiger partial charge in [0.1, 0.15) is 17.7 Å². The van der Waals surface area contributed by atoms with Crippen molar-refractivity contribution in [1.29, 1.82) is 0 Å². The van der Waals surface area contributed by atoms with Gasteiger partial charge in [0.15, 0.2) is 0 Å². The maximum atomic E-state index is 13.7.